The summed E-state index contributed by atoms with van der Waals surface area (Å²) >= 11 is 6.24. The van der Waals surface area contributed by atoms with Gasteiger partial charge in [-0.2, -0.15) is 0 Å². The zero-order valence-corrected chi connectivity index (χ0v) is 22.8. The summed E-state index contributed by atoms with van der Waals surface area (Å²) in [4.78, 5) is 28.7. The molecule has 0 radical (unpaired) electrons. The zero-order chi connectivity index (χ0) is 29.3. The average Bonchev–Trinajstić information content (AvgIpc) is 3.31. The molecule has 0 aliphatic heterocycles. The number of carbonyl (C=O) groups is 1. The Hall–Kier alpha value is -4.43. The molecule has 3 heterocycles. The second-order valence-corrected chi connectivity index (χ2v) is 10.6. The van der Waals surface area contributed by atoms with Crippen molar-refractivity contribution in [3.05, 3.63) is 70.8 Å². The van der Waals surface area contributed by atoms with Crippen LogP contribution >= 0.6 is 11.6 Å². The van der Waals surface area contributed by atoms with Crippen LogP contribution in [0, 0.1) is 35.4 Å². The van der Waals surface area contributed by atoms with Crippen molar-refractivity contribution in [2.24, 2.45) is 11.8 Å². The maximum atomic E-state index is 16.9. The monoisotopic (exact) mass is 577 g/mol. The number of imidazole rings is 1. The van der Waals surface area contributed by atoms with E-state index in [4.69, 9.17) is 28.5 Å². The van der Waals surface area contributed by atoms with E-state index in [1.807, 2.05) is 5.32 Å². The predicted octanol–water partition coefficient (Wildman–Crippen LogP) is 5.95. The van der Waals surface area contributed by atoms with Crippen LogP contribution in [0.3, 0.4) is 0 Å². The van der Waals surface area contributed by atoms with Crippen molar-refractivity contribution in [3.8, 4) is 23.6 Å². The van der Waals surface area contributed by atoms with E-state index >= 15 is 4.39 Å². The lowest BCUT2D eigenvalue weighted by atomic mass is 9.82. The van der Waals surface area contributed by atoms with Gasteiger partial charge in [-0.05, 0) is 50.7 Å². The van der Waals surface area contributed by atoms with Gasteiger partial charge in [-0.3, -0.25) is 15.7 Å². The molecule has 9 nitrogen and oxygen atoms in total. The van der Waals surface area contributed by atoms with E-state index in [9.17, 15) is 9.18 Å². The van der Waals surface area contributed by atoms with Gasteiger partial charge in [0.05, 0.1) is 5.02 Å². The molecule has 0 bridgehead atoms. The molecule has 1 unspecified atom stereocenters. The molecule has 12 heteroatoms. The Morgan fingerprint density at radius 3 is 2.63 bits per heavy atom. The largest absolute Gasteiger partial charge is 0.465 e. The SMILES string of the molecule is C#C[C@H]1CC[C@H](Cn2c(C(C)(F)c3ccccc3F)nc3nc(C(=N)NC(=O)O)nc(-c4cncc(Cl)c4)c32)CC1. The minimum atomic E-state index is -2.39. The molecule has 1 aromatic carbocycles. The molecule has 0 saturated heterocycles. The van der Waals surface area contributed by atoms with Crippen LogP contribution in [0.1, 0.15) is 49.8 Å². The number of amides is 1. The lowest BCUT2D eigenvalue weighted by Crippen LogP contribution is -2.30. The average molecular weight is 578 g/mol. The number of terminal acetylenes is 1. The molecular formula is C29H26ClF2N7O2. The van der Waals surface area contributed by atoms with E-state index in [2.05, 4.69) is 25.9 Å². The first-order valence-corrected chi connectivity index (χ1v) is 13.3. The van der Waals surface area contributed by atoms with Gasteiger partial charge in [0.25, 0.3) is 0 Å². The van der Waals surface area contributed by atoms with E-state index < -0.39 is 23.4 Å². The molecule has 1 atom stereocenters. The fraction of sp³-hybridized carbons (Fsp3) is 0.310. The third-order valence-electron chi connectivity index (χ3n) is 7.36. The van der Waals surface area contributed by atoms with Crippen molar-refractivity contribution < 1.29 is 18.7 Å². The third-order valence-corrected chi connectivity index (χ3v) is 7.57. The number of amidine groups is 1. The van der Waals surface area contributed by atoms with Crippen molar-refractivity contribution in [2.75, 3.05) is 0 Å². The number of carboxylic acid groups (broad SMARTS) is 1. The number of nitrogens with zero attached hydrogens (tertiary/aromatic N) is 5. The van der Waals surface area contributed by atoms with Gasteiger partial charge < -0.3 is 9.67 Å². The standard InChI is InChI=1S/C29H26ClF2N7O2/c1-3-16-8-10-17(11-9-16)15-39-23-22(18-12-19(30)14-34-13-18)35-26(24(33)36-28(40)41)37-25(23)38-27(39)29(2,32)20-6-4-5-7-21(20)31/h1,4-7,12-14,16-17H,8-11,15H2,2H3,(H2,33,36)(H,40,41)/t16-,17-,29?. The first kappa shape index (κ1) is 28.1. The highest BCUT2D eigenvalue weighted by atomic mass is 35.5. The number of pyridine rings is 1. The van der Waals surface area contributed by atoms with E-state index in [-0.39, 0.29) is 40.4 Å². The van der Waals surface area contributed by atoms with Gasteiger partial charge in [-0.1, -0.05) is 29.8 Å². The maximum Gasteiger partial charge on any atom is 0.410 e. The van der Waals surface area contributed by atoms with Gasteiger partial charge in [0, 0.05) is 36.0 Å². The Kier molecular flexibility index (Phi) is 7.69. The molecule has 1 saturated carbocycles. The summed E-state index contributed by atoms with van der Waals surface area (Å²) in [5.74, 6) is 1.39. The van der Waals surface area contributed by atoms with Crippen LogP contribution in [0.5, 0.6) is 0 Å². The molecule has 1 amide bonds. The van der Waals surface area contributed by atoms with E-state index in [0.717, 1.165) is 25.7 Å². The first-order chi connectivity index (χ1) is 19.6. The summed E-state index contributed by atoms with van der Waals surface area (Å²) in [6.45, 7) is 1.56. The van der Waals surface area contributed by atoms with Crippen LogP contribution in [-0.2, 0) is 12.2 Å². The molecule has 5 rings (SSSR count). The van der Waals surface area contributed by atoms with Gasteiger partial charge in [0.1, 0.15) is 17.0 Å². The number of nitrogens with one attached hydrogen (secondary N) is 2. The molecule has 0 spiro atoms. The number of halogens is 3. The second-order valence-electron chi connectivity index (χ2n) is 10.2. The lowest BCUT2D eigenvalue weighted by Gasteiger charge is -2.29. The number of hydrogen-bond acceptors (Lipinski definition) is 6. The second kappa shape index (κ2) is 11.2. The molecule has 1 fully saturated rings. The fourth-order valence-electron chi connectivity index (χ4n) is 5.32. The molecule has 1 aliphatic carbocycles. The summed E-state index contributed by atoms with van der Waals surface area (Å²) in [6, 6.07) is 7.16. The quantitative estimate of drug-likeness (QED) is 0.148. The molecule has 3 aromatic heterocycles. The van der Waals surface area contributed by atoms with Crippen molar-refractivity contribution in [1.29, 1.82) is 5.41 Å². The fourth-order valence-corrected chi connectivity index (χ4v) is 5.50. The molecule has 3 N–H and O–H groups in total. The van der Waals surface area contributed by atoms with Crippen LogP contribution in [0.15, 0.2) is 42.7 Å². The number of benzene rings is 1. The highest BCUT2D eigenvalue weighted by molar-refractivity contribution is 6.30. The maximum absolute atomic E-state index is 16.9. The van der Waals surface area contributed by atoms with Gasteiger partial charge in [0.15, 0.2) is 28.8 Å². The third kappa shape index (κ3) is 5.60. The minimum absolute atomic E-state index is 0.00874. The number of alkyl halides is 1. The van der Waals surface area contributed by atoms with Crippen LogP contribution in [0.4, 0.5) is 13.6 Å². The summed E-state index contributed by atoms with van der Waals surface area (Å²) in [5, 5.41) is 19.6. The van der Waals surface area contributed by atoms with Crippen LogP contribution < -0.4 is 5.32 Å². The topological polar surface area (TPSA) is 130 Å². The van der Waals surface area contributed by atoms with Gasteiger partial charge in [0.2, 0.25) is 0 Å². The Bertz CT molecular complexity index is 1690. The van der Waals surface area contributed by atoms with Gasteiger partial charge >= 0.3 is 6.09 Å². The lowest BCUT2D eigenvalue weighted by molar-refractivity contribution is 0.200. The highest BCUT2D eigenvalue weighted by Crippen LogP contribution is 2.40. The molecule has 1 aliphatic rings. The van der Waals surface area contributed by atoms with Crippen LogP contribution in [-0.4, -0.2) is 41.5 Å². The normalized spacial score (nSPS) is 18.4. The predicted molar refractivity (Wildman–Crippen MR) is 150 cm³/mol. The summed E-state index contributed by atoms with van der Waals surface area (Å²) in [6.07, 6.45) is 10.3. The molecule has 41 heavy (non-hydrogen) atoms. The van der Waals surface area contributed by atoms with Crippen molar-refractivity contribution in [3.63, 3.8) is 0 Å². The Labute approximate surface area is 239 Å². The number of fused-ring (bicyclic) bond motifs is 1. The van der Waals surface area contributed by atoms with E-state index in [0.29, 0.717) is 22.6 Å². The van der Waals surface area contributed by atoms with E-state index in [1.54, 1.807) is 16.7 Å². The first-order valence-electron chi connectivity index (χ1n) is 13.0. The molecule has 210 valence electrons. The van der Waals surface area contributed by atoms with Gasteiger partial charge in [-0.25, -0.2) is 28.5 Å². The Morgan fingerprint density at radius 1 is 1.24 bits per heavy atom. The summed E-state index contributed by atoms with van der Waals surface area (Å²) in [5.41, 5.74) is -1.61. The number of rotatable bonds is 6. The Morgan fingerprint density at radius 2 is 1.98 bits per heavy atom. The Balaban J connectivity index is 1.77. The number of hydrogen-bond donors (Lipinski definition) is 3. The van der Waals surface area contributed by atoms with Crippen LogP contribution in [0.25, 0.3) is 22.4 Å². The van der Waals surface area contributed by atoms with Crippen molar-refractivity contribution in [2.45, 2.75) is 44.8 Å². The molecular weight excluding hydrogens is 552 g/mol. The van der Waals surface area contributed by atoms with Crippen molar-refractivity contribution in [1.82, 2.24) is 29.8 Å². The highest BCUT2D eigenvalue weighted by Gasteiger charge is 2.39. The van der Waals surface area contributed by atoms with E-state index in [1.165, 1.54) is 37.5 Å². The minimum Gasteiger partial charge on any atom is -0.465 e. The van der Waals surface area contributed by atoms with Crippen LogP contribution in [0.2, 0.25) is 5.02 Å². The van der Waals surface area contributed by atoms with Gasteiger partial charge in [-0.15, -0.1) is 12.3 Å². The van der Waals surface area contributed by atoms with Crippen molar-refractivity contribution >= 4 is 34.7 Å². The number of aromatic nitrogens is 5. The molecule has 4 aromatic rings. The summed E-state index contributed by atoms with van der Waals surface area (Å²) in [7, 11) is 0. The zero-order valence-electron chi connectivity index (χ0n) is 22.0. The smallest absolute Gasteiger partial charge is 0.410 e. The summed E-state index contributed by atoms with van der Waals surface area (Å²) < 4.78 is 33.5.